The zero-order chi connectivity index (χ0) is 18.2. The van der Waals surface area contributed by atoms with Gasteiger partial charge in [-0.1, -0.05) is 6.07 Å². The van der Waals surface area contributed by atoms with Gasteiger partial charge in [0.25, 0.3) is 0 Å². The number of ether oxygens (including phenoxy) is 2. The first-order valence-electron chi connectivity index (χ1n) is 8.63. The van der Waals surface area contributed by atoms with Crippen LogP contribution in [0.5, 0.6) is 5.75 Å². The maximum atomic E-state index is 13.1. The molecule has 0 radical (unpaired) electrons. The van der Waals surface area contributed by atoms with E-state index in [4.69, 9.17) is 9.47 Å². The summed E-state index contributed by atoms with van der Waals surface area (Å²) in [5.74, 6) is -0.550. The van der Waals surface area contributed by atoms with Crippen LogP contribution in [0.1, 0.15) is 35.4 Å². The Morgan fingerprint density at radius 1 is 1.36 bits per heavy atom. The Kier molecular flexibility index (Phi) is 4.73. The minimum atomic E-state index is -1.02. The number of piperidine rings is 1. The summed E-state index contributed by atoms with van der Waals surface area (Å²) < 4.78 is 10.9. The van der Waals surface area contributed by atoms with Crippen LogP contribution in [0.4, 0.5) is 0 Å². The summed E-state index contributed by atoms with van der Waals surface area (Å²) in [6.07, 6.45) is 1.19. The highest BCUT2D eigenvalue weighted by molar-refractivity contribution is 5.87. The first-order valence-corrected chi connectivity index (χ1v) is 8.63. The zero-order valence-electron chi connectivity index (χ0n) is 15.0. The standard InChI is InChI=1S/C19H25NO5/c1-12-7-14-15(9-25-16(14)8-13(12)2)17(21)20-6-4-5-19(10-20,11-24-3)18(22)23/h7-8,15H,4-6,9-11H2,1-3H3,(H,22,23). The predicted molar refractivity (Wildman–Crippen MR) is 91.9 cm³/mol. The molecule has 6 heteroatoms. The number of fused-ring (bicyclic) bond motifs is 1. The predicted octanol–water partition coefficient (Wildman–Crippen LogP) is 2.12. The van der Waals surface area contributed by atoms with E-state index in [0.717, 1.165) is 22.4 Å². The number of carboxylic acids is 1. The fourth-order valence-electron chi connectivity index (χ4n) is 3.85. The number of carbonyl (C=O) groups is 2. The van der Waals surface area contributed by atoms with Crippen LogP contribution in [-0.2, 0) is 14.3 Å². The van der Waals surface area contributed by atoms with E-state index in [0.29, 0.717) is 26.0 Å². The van der Waals surface area contributed by atoms with Crippen LogP contribution in [0.3, 0.4) is 0 Å². The molecule has 1 fully saturated rings. The molecule has 0 bridgehead atoms. The maximum Gasteiger partial charge on any atom is 0.313 e. The molecule has 0 aromatic heterocycles. The van der Waals surface area contributed by atoms with E-state index in [-0.39, 0.29) is 25.0 Å². The van der Waals surface area contributed by atoms with Crippen molar-refractivity contribution >= 4 is 11.9 Å². The van der Waals surface area contributed by atoms with Crippen molar-refractivity contribution in [3.05, 3.63) is 28.8 Å². The summed E-state index contributed by atoms with van der Waals surface area (Å²) in [5, 5.41) is 9.67. The van der Waals surface area contributed by atoms with Gasteiger partial charge in [0.2, 0.25) is 5.91 Å². The van der Waals surface area contributed by atoms with Gasteiger partial charge < -0.3 is 19.5 Å². The minimum absolute atomic E-state index is 0.0524. The van der Waals surface area contributed by atoms with Gasteiger partial charge in [0, 0.05) is 25.8 Å². The number of amides is 1. The molecule has 6 nitrogen and oxygen atoms in total. The van der Waals surface area contributed by atoms with E-state index in [2.05, 4.69) is 0 Å². The first kappa shape index (κ1) is 17.7. The molecule has 2 aliphatic rings. The van der Waals surface area contributed by atoms with Gasteiger partial charge >= 0.3 is 5.97 Å². The fourth-order valence-corrected chi connectivity index (χ4v) is 3.85. The number of aliphatic carboxylic acids is 1. The van der Waals surface area contributed by atoms with E-state index in [1.807, 2.05) is 26.0 Å². The maximum absolute atomic E-state index is 13.1. The number of hydrogen-bond donors (Lipinski definition) is 1. The second kappa shape index (κ2) is 6.67. The Hall–Kier alpha value is -2.08. The fraction of sp³-hybridized carbons (Fsp3) is 0.579. The van der Waals surface area contributed by atoms with Gasteiger partial charge in [-0.05, 0) is 43.9 Å². The number of carboxylic acid groups (broad SMARTS) is 1. The lowest BCUT2D eigenvalue weighted by molar-refractivity contribution is -0.159. The van der Waals surface area contributed by atoms with Crippen molar-refractivity contribution in [3.8, 4) is 5.75 Å². The lowest BCUT2D eigenvalue weighted by Crippen LogP contribution is -2.53. The van der Waals surface area contributed by atoms with Crippen LogP contribution < -0.4 is 4.74 Å². The molecule has 1 N–H and O–H groups in total. The summed E-state index contributed by atoms with van der Waals surface area (Å²) >= 11 is 0. The summed E-state index contributed by atoms with van der Waals surface area (Å²) in [5.41, 5.74) is 2.15. The topological polar surface area (TPSA) is 76.1 Å². The molecular formula is C19H25NO5. The number of methoxy groups -OCH3 is 1. The van der Waals surface area contributed by atoms with Crippen molar-refractivity contribution in [2.75, 3.05) is 33.4 Å². The molecule has 3 rings (SSSR count). The van der Waals surface area contributed by atoms with Gasteiger partial charge in [-0.15, -0.1) is 0 Å². The van der Waals surface area contributed by atoms with Crippen molar-refractivity contribution < 1.29 is 24.2 Å². The van der Waals surface area contributed by atoms with Gasteiger partial charge in [0.15, 0.2) is 0 Å². The zero-order valence-corrected chi connectivity index (χ0v) is 15.0. The second-order valence-electron chi connectivity index (χ2n) is 7.22. The molecule has 2 unspecified atom stereocenters. The molecule has 2 heterocycles. The molecule has 2 atom stereocenters. The number of benzene rings is 1. The van der Waals surface area contributed by atoms with Gasteiger partial charge in [-0.3, -0.25) is 9.59 Å². The van der Waals surface area contributed by atoms with Crippen molar-refractivity contribution in [2.45, 2.75) is 32.6 Å². The Labute approximate surface area is 147 Å². The summed E-state index contributed by atoms with van der Waals surface area (Å²) in [6, 6.07) is 3.99. The molecule has 2 aliphatic heterocycles. The number of carbonyl (C=O) groups excluding carboxylic acids is 1. The lowest BCUT2D eigenvalue weighted by atomic mass is 9.80. The van der Waals surface area contributed by atoms with Gasteiger partial charge in [0.1, 0.15) is 23.7 Å². The second-order valence-corrected chi connectivity index (χ2v) is 7.22. The molecule has 0 spiro atoms. The van der Waals surface area contributed by atoms with Crippen LogP contribution in [0, 0.1) is 19.3 Å². The third-order valence-electron chi connectivity index (χ3n) is 5.47. The highest BCUT2D eigenvalue weighted by Crippen LogP contribution is 2.39. The normalized spacial score (nSPS) is 25.4. The minimum Gasteiger partial charge on any atom is -0.492 e. The molecule has 136 valence electrons. The van der Waals surface area contributed by atoms with Crippen molar-refractivity contribution in [1.29, 1.82) is 0 Å². The third kappa shape index (κ3) is 3.11. The molecule has 1 saturated heterocycles. The largest absolute Gasteiger partial charge is 0.492 e. The Bertz CT molecular complexity index is 697. The Morgan fingerprint density at radius 2 is 2.08 bits per heavy atom. The number of aryl methyl sites for hydroxylation is 2. The number of hydrogen-bond acceptors (Lipinski definition) is 4. The van der Waals surface area contributed by atoms with E-state index in [1.165, 1.54) is 7.11 Å². The van der Waals surface area contributed by atoms with Crippen molar-refractivity contribution in [1.82, 2.24) is 4.90 Å². The number of nitrogens with zero attached hydrogens (tertiary/aromatic N) is 1. The lowest BCUT2D eigenvalue weighted by Gasteiger charge is -2.40. The Balaban J connectivity index is 1.83. The molecule has 0 saturated carbocycles. The van der Waals surface area contributed by atoms with Crippen LogP contribution >= 0.6 is 0 Å². The number of likely N-dealkylation sites (tertiary alicyclic amines) is 1. The van der Waals surface area contributed by atoms with E-state index < -0.39 is 11.4 Å². The first-order chi connectivity index (χ1) is 11.9. The molecule has 1 aromatic rings. The average Bonchev–Trinajstić information content (AvgIpc) is 2.97. The SMILES string of the molecule is COCC1(C(=O)O)CCCN(C(=O)C2COc3cc(C)c(C)cc32)C1. The van der Waals surface area contributed by atoms with E-state index in [9.17, 15) is 14.7 Å². The summed E-state index contributed by atoms with van der Waals surface area (Å²) in [4.78, 5) is 26.6. The molecule has 1 aromatic carbocycles. The quantitative estimate of drug-likeness (QED) is 0.903. The smallest absolute Gasteiger partial charge is 0.313 e. The average molecular weight is 347 g/mol. The van der Waals surface area contributed by atoms with Gasteiger partial charge in [-0.2, -0.15) is 0 Å². The van der Waals surface area contributed by atoms with E-state index in [1.54, 1.807) is 4.90 Å². The monoisotopic (exact) mass is 347 g/mol. The van der Waals surface area contributed by atoms with Crippen LogP contribution in [0.15, 0.2) is 12.1 Å². The molecule has 1 amide bonds. The summed E-state index contributed by atoms with van der Waals surface area (Å²) in [7, 11) is 1.50. The highest BCUT2D eigenvalue weighted by atomic mass is 16.5. The molecule has 25 heavy (non-hydrogen) atoms. The van der Waals surface area contributed by atoms with Crippen LogP contribution in [-0.4, -0.2) is 55.3 Å². The highest BCUT2D eigenvalue weighted by Gasteiger charge is 2.45. The summed E-state index contributed by atoms with van der Waals surface area (Å²) in [6.45, 7) is 5.23. The molecular weight excluding hydrogens is 322 g/mol. The van der Waals surface area contributed by atoms with Crippen LogP contribution in [0.2, 0.25) is 0 Å². The van der Waals surface area contributed by atoms with E-state index >= 15 is 0 Å². The Morgan fingerprint density at radius 3 is 2.76 bits per heavy atom. The van der Waals surface area contributed by atoms with Crippen molar-refractivity contribution in [2.24, 2.45) is 5.41 Å². The van der Waals surface area contributed by atoms with Crippen LogP contribution in [0.25, 0.3) is 0 Å². The van der Waals surface area contributed by atoms with Gasteiger partial charge in [0.05, 0.1) is 6.61 Å². The number of rotatable bonds is 4. The molecule has 0 aliphatic carbocycles. The van der Waals surface area contributed by atoms with Gasteiger partial charge in [-0.25, -0.2) is 0 Å². The van der Waals surface area contributed by atoms with Crippen molar-refractivity contribution in [3.63, 3.8) is 0 Å². The third-order valence-corrected chi connectivity index (χ3v) is 5.47.